The Morgan fingerprint density at radius 3 is 2.63 bits per heavy atom. The van der Waals surface area contributed by atoms with Gasteiger partial charge >= 0.3 is 5.97 Å². The molecule has 2 saturated carbocycles. The fourth-order valence-electron chi connectivity index (χ4n) is 7.19. The molecule has 9 nitrogen and oxygen atoms in total. The first-order valence-corrected chi connectivity index (χ1v) is 17.2. The van der Waals surface area contributed by atoms with Crippen LogP contribution in [-0.2, 0) is 14.4 Å². The predicted octanol–water partition coefficient (Wildman–Crippen LogP) is 6.82. The highest BCUT2D eigenvalue weighted by Gasteiger charge is 2.61. The number of carboxylic acids is 1. The summed E-state index contributed by atoms with van der Waals surface area (Å²) in [7, 11) is 3.43. The molecule has 0 saturated heterocycles. The highest BCUT2D eigenvalue weighted by atomic mass is 32.1. The fraction of sp³-hybridized carbons (Fsp3) is 0.528. The molecule has 3 aliphatic rings. The number of thiazole rings is 1. The molecule has 1 amide bonds. The lowest BCUT2D eigenvalue weighted by Gasteiger charge is -2.25. The largest absolute Gasteiger partial charge is 0.496 e. The molecule has 0 bridgehead atoms. The van der Waals surface area contributed by atoms with E-state index in [1.54, 1.807) is 19.1 Å². The van der Waals surface area contributed by atoms with Gasteiger partial charge in [0.2, 0.25) is 5.91 Å². The van der Waals surface area contributed by atoms with E-state index in [-0.39, 0.29) is 29.9 Å². The number of Topliss-reactive ketones (excluding diaryl/α,β-unsaturated/α-hetero) is 1. The summed E-state index contributed by atoms with van der Waals surface area (Å²) < 4.78 is 12.3. The van der Waals surface area contributed by atoms with Crippen molar-refractivity contribution in [1.29, 1.82) is 0 Å². The maximum absolute atomic E-state index is 13.9. The number of hydrogen-bond acceptors (Lipinski definition) is 8. The summed E-state index contributed by atoms with van der Waals surface area (Å²) in [4.78, 5) is 51.7. The summed E-state index contributed by atoms with van der Waals surface area (Å²) in [5.74, 6) is -0.859. The minimum Gasteiger partial charge on any atom is -0.496 e. The van der Waals surface area contributed by atoms with Gasteiger partial charge in [-0.25, -0.2) is 9.97 Å². The van der Waals surface area contributed by atoms with Crippen LogP contribution in [0.1, 0.15) is 76.0 Å². The fourth-order valence-corrected chi connectivity index (χ4v) is 8.13. The van der Waals surface area contributed by atoms with E-state index in [4.69, 9.17) is 19.4 Å². The summed E-state index contributed by atoms with van der Waals surface area (Å²) in [5, 5.41) is 13.8. The van der Waals surface area contributed by atoms with E-state index < -0.39 is 29.3 Å². The molecule has 6 rings (SSSR count). The van der Waals surface area contributed by atoms with Crippen LogP contribution in [0.15, 0.2) is 35.7 Å². The average molecular weight is 646 g/mol. The van der Waals surface area contributed by atoms with Gasteiger partial charge in [-0.05, 0) is 69.4 Å². The number of aliphatic carboxylic acids is 1. The van der Waals surface area contributed by atoms with Gasteiger partial charge in [0.15, 0.2) is 0 Å². The highest BCUT2D eigenvalue weighted by Crippen LogP contribution is 2.57. The van der Waals surface area contributed by atoms with Crippen molar-refractivity contribution in [2.24, 2.45) is 23.2 Å². The summed E-state index contributed by atoms with van der Waals surface area (Å²) in [6.07, 6.45) is 7.32. The number of nitrogens with zero attached hydrogens (tertiary/aromatic N) is 3. The van der Waals surface area contributed by atoms with Crippen LogP contribution in [0.3, 0.4) is 0 Å². The molecule has 0 radical (unpaired) electrons. The minimum atomic E-state index is -1.08. The average Bonchev–Trinajstić information content (AvgIpc) is 3.33. The van der Waals surface area contributed by atoms with Crippen molar-refractivity contribution in [3.05, 3.63) is 47.0 Å². The van der Waals surface area contributed by atoms with E-state index in [0.717, 1.165) is 52.2 Å². The molecule has 3 heterocycles. The predicted molar refractivity (Wildman–Crippen MR) is 177 cm³/mol. The van der Waals surface area contributed by atoms with Crippen LogP contribution in [0.4, 0.5) is 0 Å². The van der Waals surface area contributed by atoms with Crippen molar-refractivity contribution in [3.63, 3.8) is 0 Å². The molecule has 1 N–H and O–H groups in total. The molecule has 46 heavy (non-hydrogen) atoms. The molecule has 10 heteroatoms. The van der Waals surface area contributed by atoms with Gasteiger partial charge in [0.05, 0.1) is 29.7 Å². The minimum absolute atomic E-state index is 0.0637. The molecule has 3 aromatic rings. The number of ketones is 1. The molecule has 2 aliphatic carbocycles. The van der Waals surface area contributed by atoms with Crippen molar-refractivity contribution in [1.82, 2.24) is 14.9 Å². The third kappa shape index (κ3) is 6.04. The number of carbonyl (C=O) groups is 3. The van der Waals surface area contributed by atoms with Crippen LogP contribution in [-0.4, -0.2) is 64.4 Å². The number of hydrogen-bond donors (Lipinski definition) is 1. The molecular formula is C36H43N3O6S. The Morgan fingerprint density at radius 2 is 1.91 bits per heavy atom. The van der Waals surface area contributed by atoms with Crippen molar-refractivity contribution >= 4 is 39.9 Å². The first-order valence-electron chi connectivity index (χ1n) is 16.3. The quantitative estimate of drug-likeness (QED) is 0.290. The zero-order chi connectivity index (χ0) is 32.7. The molecule has 0 spiro atoms. The monoisotopic (exact) mass is 645 g/mol. The Labute approximate surface area is 274 Å². The third-order valence-electron chi connectivity index (χ3n) is 10.2. The number of methoxy groups -OCH3 is 1. The standard InChI is InChI=1S/C36H43N3O6S/c1-20(2)28-19-46-33(38-28)27-16-31(24-11-12-30(44-5)21(3)32(24)37-27)45-23-14-25-26(15-23)34(41)39(4)13-9-7-6-8-10-22-17-36(22,35(42)43)18-29(25)40/h8,10-12,16,19-20,22-23,25-26H,6-7,9,13-15,17-18H2,1-5H3,(H,42,43)/b10-8-/t22-,23?,25-,26-,36-/m1/s1. The second kappa shape index (κ2) is 12.8. The number of aryl methyl sites for hydroxylation is 1. The van der Waals surface area contributed by atoms with Crippen LogP contribution in [0.25, 0.3) is 21.6 Å². The smallest absolute Gasteiger partial charge is 0.310 e. The zero-order valence-corrected chi connectivity index (χ0v) is 28.1. The summed E-state index contributed by atoms with van der Waals surface area (Å²) >= 11 is 1.54. The summed E-state index contributed by atoms with van der Waals surface area (Å²) in [6.45, 7) is 6.79. The van der Waals surface area contributed by atoms with Crippen molar-refractivity contribution in [2.45, 2.75) is 77.7 Å². The second-order valence-corrected chi connectivity index (χ2v) is 14.4. The van der Waals surface area contributed by atoms with E-state index in [9.17, 15) is 19.5 Å². The lowest BCUT2D eigenvalue weighted by molar-refractivity contribution is -0.147. The van der Waals surface area contributed by atoms with Crippen molar-refractivity contribution in [2.75, 3.05) is 20.7 Å². The van der Waals surface area contributed by atoms with Crippen LogP contribution < -0.4 is 9.47 Å². The summed E-state index contributed by atoms with van der Waals surface area (Å²) in [5.41, 5.74) is 2.23. The number of aromatic nitrogens is 2. The normalized spacial score (nSPS) is 27.7. The molecule has 1 aliphatic heterocycles. The van der Waals surface area contributed by atoms with Gasteiger partial charge in [0.25, 0.3) is 0 Å². The van der Waals surface area contributed by atoms with Gasteiger partial charge in [0.1, 0.15) is 34.1 Å². The van der Waals surface area contributed by atoms with Crippen molar-refractivity contribution < 1.29 is 29.0 Å². The van der Waals surface area contributed by atoms with E-state index >= 15 is 0 Å². The Kier molecular flexibility index (Phi) is 8.93. The molecule has 1 aromatic carbocycles. The maximum atomic E-state index is 13.9. The van der Waals surface area contributed by atoms with Crippen LogP contribution in [0.2, 0.25) is 0 Å². The number of pyridine rings is 1. The van der Waals surface area contributed by atoms with E-state index in [0.29, 0.717) is 37.3 Å². The molecule has 1 unspecified atom stereocenters. The van der Waals surface area contributed by atoms with Gasteiger partial charge in [-0.3, -0.25) is 14.4 Å². The zero-order valence-electron chi connectivity index (χ0n) is 27.2. The van der Waals surface area contributed by atoms with Crippen LogP contribution >= 0.6 is 11.3 Å². The van der Waals surface area contributed by atoms with Gasteiger partial charge in [-0.15, -0.1) is 11.3 Å². The number of amides is 1. The number of ether oxygens (including phenoxy) is 2. The maximum Gasteiger partial charge on any atom is 0.310 e. The van der Waals surface area contributed by atoms with Gasteiger partial charge in [0, 0.05) is 48.3 Å². The first kappa shape index (κ1) is 32.2. The van der Waals surface area contributed by atoms with Crippen molar-refractivity contribution in [3.8, 4) is 22.2 Å². The number of carboxylic acid groups (broad SMARTS) is 1. The lowest BCUT2D eigenvalue weighted by Crippen LogP contribution is -2.38. The first-order chi connectivity index (χ1) is 22.0. The second-order valence-electron chi connectivity index (χ2n) is 13.5. The molecular weight excluding hydrogens is 602 g/mol. The Balaban J connectivity index is 1.35. The SMILES string of the molecule is COc1ccc2c(OC3C[C@H]4C(=O)C[C@]5(C(=O)O)C[C@H]5/C=C\CCCCN(C)C(=O)[C@@H]4C3)cc(-c3nc(C(C)C)cs3)nc2c1C. The Morgan fingerprint density at radius 1 is 1.13 bits per heavy atom. The highest BCUT2D eigenvalue weighted by molar-refractivity contribution is 7.13. The third-order valence-corrected chi connectivity index (χ3v) is 11.0. The molecule has 244 valence electrons. The lowest BCUT2D eigenvalue weighted by atomic mass is 9.84. The van der Waals surface area contributed by atoms with Gasteiger partial charge in [-0.2, -0.15) is 0 Å². The van der Waals surface area contributed by atoms with E-state index in [1.807, 2.05) is 37.3 Å². The van der Waals surface area contributed by atoms with E-state index in [1.165, 1.54) is 11.3 Å². The number of allylic oxidation sites excluding steroid dienone is 2. The topological polar surface area (TPSA) is 119 Å². The number of rotatable bonds is 6. The molecule has 2 fully saturated rings. The van der Waals surface area contributed by atoms with Crippen LogP contribution in [0.5, 0.6) is 11.5 Å². The van der Waals surface area contributed by atoms with E-state index in [2.05, 4.69) is 19.2 Å². The van der Waals surface area contributed by atoms with Crippen LogP contribution in [0, 0.1) is 30.1 Å². The molecule has 5 atom stereocenters. The number of carbonyl (C=O) groups excluding carboxylic acids is 2. The molecule has 2 aromatic heterocycles. The Bertz CT molecular complexity index is 1700. The number of benzene rings is 1. The van der Waals surface area contributed by atoms with Gasteiger partial charge in [-0.1, -0.05) is 26.0 Å². The van der Waals surface area contributed by atoms with Gasteiger partial charge < -0.3 is 19.5 Å². The summed E-state index contributed by atoms with van der Waals surface area (Å²) in [6, 6.07) is 5.74. The number of fused-ring (bicyclic) bond motifs is 3. The Hall–Kier alpha value is -3.79.